The molecule has 1 aliphatic carbocycles. The highest BCUT2D eigenvalue weighted by Gasteiger charge is 2.51. The van der Waals surface area contributed by atoms with Gasteiger partial charge in [-0.3, -0.25) is 4.79 Å². The Balaban J connectivity index is 2.52. The molecular formula is C12H20F3NO3. The molecule has 112 valence electrons. The second kappa shape index (κ2) is 5.66. The zero-order valence-electron chi connectivity index (χ0n) is 11.3. The molecule has 1 rings (SSSR count). The molecule has 0 amide bonds. The molecule has 3 atom stereocenters. The van der Waals surface area contributed by atoms with Crippen molar-refractivity contribution in [2.45, 2.75) is 45.5 Å². The van der Waals surface area contributed by atoms with Crippen LogP contribution in [-0.4, -0.2) is 42.5 Å². The van der Waals surface area contributed by atoms with Crippen LogP contribution in [0.5, 0.6) is 0 Å². The van der Waals surface area contributed by atoms with Gasteiger partial charge >= 0.3 is 12.1 Å². The monoisotopic (exact) mass is 283 g/mol. The fourth-order valence-electron chi connectivity index (χ4n) is 2.32. The first kappa shape index (κ1) is 16.2. The van der Waals surface area contributed by atoms with Gasteiger partial charge in [0.1, 0.15) is 0 Å². The van der Waals surface area contributed by atoms with Gasteiger partial charge in [-0.1, -0.05) is 13.8 Å². The Morgan fingerprint density at radius 1 is 1.53 bits per heavy atom. The van der Waals surface area contributed by atoms with Gasteiger partial charge in [0.25, 0.3) is 0 Å². The van der Waals surface area contributed by atoms with Crippen molar-refractivity contribution in [1.29, 1.82) is 0 Å². The zero-order valence-corrected chi connectivity index (χ0v) is 11.3. The van der Waals surface area contributed by atoms with Crippen LogP contribution >= 0.6 is 0 Å². The normalized spacial score (nSPS) is 27.7. The van der Waals surface area contributed by atoms with Crippen molar-refractivity contribution in [3.63, 3.8) is 0 Å². The van der Waals surface area contributed by atoms with Crippen molar-refractivity contribution in [2.75, 3.05) is 13.2 Å². The van der Waals surface area contributed by atoms with E-state index in [1.807, 2.05) is 20.8 Å². The maximum absolute atomic E-state index is 12.5. The summed E-state index contributed by atoms with van der Waals surface area (Å²) < 4.78 is 42.9. The van der Waals surface area contributed by atoms with Crippen LogP contribution < -0.4 is 5.32 Å². The number of alkyl halides is 3. The molecule has 1 fully saturated rings. The summed E-state index contributed by atoms with van der Waals surface area (Å²) in [5.74, 6) is -4.21. The van der Waals surface area contributed by atoms with Gasteiger partial charge in [0.15, 0.2) is 5.92 Å². The van der Waals surface area contributed by atoms with Gasteiger partial charge in [-0.15, -0.1) is 0 Å². The Kier molecular flexibility index (Phi) is 4.84. The van der Waals surface area contributed by atoms with Gasteiger partial charge in [0.05, 0.1) is 6.10 Å². The van der Waals surface area contributed by atoms with Crippen LogP contribution in [0.15, 0.2) is 0 Å². The Labute approximate surface area is 110 Å². The first-order chi connectivity index (χ1) is 8.60. The SMILES string of the molecule is CCOC1CC(NCC(C(=O)O)C(F)(F)F)C1(C)C. The number of hydrogen-bond acceptors (Lipinski definition) is 3. The number of hydrogen-bond donors (Lipinski definition) is 2. The third-order valence-electron chi connectivity index (χ3n) is 3.81. The molecule has 2 N–H and O–H groups in total. The molecule has 0 aromatic rings. The molecule has 0 aliphatic heterocycles. The third kappa shape index (κ3) is 3.60. The summed E-state index contributed by atoms with van der Waals surface area (Å²) in [5, 5.41) is 11.3. The summed E-state index contributed by atoms with van der Waals surface area (Å²) in [6, 6.07) is -0.159. The van der Waals surface area contributed by atoms with E-state index in [2.05, 4.69) is 5.32 Å². The Morgan fingerprint density at radius 3 is 2.47 bits per heavy atom. The van der Waals surface area contributed by atoms with Crippen LogP contribution in [0.25, 0.3) is 0 Å². The molecule has 4 nitrogen and oxygen atoms in total. The van der Waals surface area contributed by atoms with Gasteiger partial charge in [0, 0.05) is 24.6 Å². The summed E-state index contributed by atoms with van der Waals surface area (Å²) in [5.41, 5.74) is -0.287. The Morgan fingerprint density at radius 2 is 2.11 bits per heavy atom. The van der Waals surface area contributed by atoms with E-state index in [1.165, 1.54) is 0 Å². The van der Waals surface area contributed by atoms with Gasteiger partial charge in [-0.25, -0.2) is 0 Å². The lowest BCUT2D eigenvalue weighted by Crippen LogP contribution is -2.62. The summed E-state index contributed by atoms with van der Waals surface area (Å²) >= 11 is 0. The van der Waals surface area contributed by atoms with Crippen LogP contribution in [-0.2, 0) is 9.53 Å². The van der Waals surface area contributed by atoms with E-state index in [4.69, 9.17) is 9.84 Å². The first-order valence-corrected chi connectivity index (χ1v) is 6.25. The molecule has 0 radical (unpaired) electrons. The van der Waals surface area contributed by atoms with Gasteiger partial charge in [-0.05, 0) is 13.3 Å². The predicted molar refractivity (Wildman–Crippen MR) is 62.8 cm³/mol. The molecule has 19 heavy (non-hydrogen) atoms. The van der Waals surface area contributed by atoms with E-state index in [1.54, 1.807) is 0 Å². The highest BCUT2D eigenvalue weighted by molar-refractivity contribution is 5.71. The quantitative estimate of drug-likeness (QED) is 0.783. The molecule has 0 bridgehead atoms. The van der Waals surface area contributed by atoms with Gasteiger partial charge < -0.3 is 15.2 Å². The van der Waals surface area contributed by atoms with E-state index < -0.39 is 24.6 Å². The van der Waals surface area contributed by atoms with Crippen molar-refractivity contribution in [1.82, 2.24) is 5.32 Å². The number of aliphatic carboxylic acids is 1. The van der Waals surface area contributed by atoms with Crippen LogP contribution in [0.1, 0.15) is 27.2 Å². The minimum Gasteiger partial charge on any atom is -0.481 e. The van der Waals surface area contributed by atoms with Crippen molar-refractivity contribution in [3.05, 3.63) is 0 Å². The third-order valence-corrected chi connectivity index (χ3v) is 3.81. The molecule has 1 aliphatic rings. The highest BCUT2D eigenvalue weighted by atomic mass is 19.4. The number of ether oxygens (including phenoxy) is 1. The van der Waals surface area contributed by atoms with Gasteiger partial charge in [0.2, 0.25) is 0 Å². The molecular weight excluding hydrogens is 263 g/mol. The second-order valence-corrected chi connectivity index (χ2v) is 5.39. The van der Waals surface area contributed by atoms with Crippen LogP contribution in [0.2, 0.25) is 0 Å². The summed E-state index contributed by atoms with van der Waals surface area (Å²) in [6.07, 6.45) is -4.12. The molecule has 0 heterocycles. The van der Waals surface area contributed by atoms with E-state index in [0.717, 1.165) is 0 Å². The first-order valence-electron chi connectivity index (χ1n) is 6.25. The smallest absolute Gasteiger partial charge is 0.403 e. The lowest BCUT2D eigenvalue weighted by molar-refractivity contribution is -0.194. The average Bonchev–Trinajstić information content (AvgIpc) is 2.24. The topological polar surface area (TPSA) is 58.6 Å². The molecule has 0 aromatic heterocycles. The Bertz CT molecular complexity index is 331. The summed E-state index contributed by atoms with van der Waals surface area (Å²) in [7, 11) is 0. The van der Waals surface area contributed by atoms with Crippen LogP contribution in [0.4, 0.5) is 13.2 Å². The molecule has 1 saturated carbocycles. The van der Waals surface area contributed by atoms with Crippen LogP contribution in [0, 0.1) is 11.3 Å². The van der Waals surface area contributed by atoms with E-state index >= 15 is 0 Å². The number of rotatable bonds is 6. The zero-order chi connectivity index (χ0) is 14.8. The summed E-state index contributed by atoms with van der Waals surface area (Å²) in [4.78, 5) is 10.6. The maximum atomic E-state index is 12.5. The fraction of sp³-hybridized carbons (Fsp3) is 0.917. The molecule has 0 spiro atoms. The molecule has 7 heteroatoms. The summed E-state index contributed by atoms with van der Waals surface area (Å²) in [6.45, 7) is 5.61. The molecule has 0 aromatic carbocycles. The average molecular weight is 283 g/mol. The van der Waals surface area contributed by atoms with E-state index in [-0.39, 0.29) is 17.6 Å². The lowest BCUT2D eigenvalue weighted by Gasteiger charge is -2.52. The minimum absolute atomic E-state index is 0.00386. The maximum Gasteiger partial charge on any atom is 0.403 e. The number of carbonyl (C=O) groups is 1. The second-order valence-electron chi connectivity index (χ2n) is 5.39. The predicted octanol–water partition coefficient (Wildman–Crippen LogP) is 2.04. The number of carboxylic acids is 1. The van der Waals surface area contributed by atoms with Crippen LogP contribution in [0.3, 0.4) is 0 Å². The number of nitrogens with one attached hydrogen (secondary N) is 1. The standard InChI is InChI=1S/C12H20F3NO3/c1-4-19-9-5-8(11(9,2)3)16-6-7(10(17)18)12(13,14)15/h7-9,16H,4-6H2,1-3H3,(H,17,18). The van der Waals surface area contributed by atoms with E-state index in [0.29, 0.717) is 13.0 Å². The van der Waals surface area contributed by atoms with Gasteiger partial charge in [-0.2, -0.15) is 13.2 Å². The van der Waals surface area contributed by atoms with Crippen molar-refractivity contribution in [3.8, 4) is 0 Å². The Hall–Kier alpha value is -0.820. The fourth-order valence-corrected chi connectivity index (χ4v) is 2.32. The largest absolute Gasteiger partial charge is 0.481 e. The van der Waals surface area contributed by atoms with Crippen molar-refractivity contribution < 1.29 is 27.8 Å². The molecule has 3 unspecified atom stereocenters. The highest BCUT2D eigenvalue weighted by Crippen LogP contribution is 2.43. The molecule has 0 saturated heterocycles. The lowest BCUT2D eigenvalue weighted by atomic mass is 9.64. The number of carboxylic acid groups (broad SMARTS) is 1. The minimum atomic E-state index is -4.73. The van der Waals surface area contributed by atoms with Crippen molar-refractivity contribution >= 4 is 5.97 Å². The van der Waals surface area contributed by atoms with Crippen molar-refractivity contribution in [2.24, 2.45) is 11.3 Å². The van der Waals surface area contributed by atoms with E-state index in [9.17, 15) is 18.0 Å². The number of halogens is 3.